The van der Waals surface area contributed by atoms with Crippen LogP contribution in [-0.4, -0.2) is 27.9 Å². The zero-order chi connectivity index (χ0) is 25.1. The second-order valence-electron chi connectivity index (χ2n) is 8.89. The molecule has 0 radical (unpaired) electrons. The van der Waals surface area contributed by atoms with E-state index in [1.807, 2.05) is 66.7 Å². The molecule has 2 heterocycles. The number of thiazole rings is 1. The first kappa shape index (κ1) is 24.9. The topological polar surface area (TPSA) is 80.7 Å². The summed E-state index contributed by atoms with van der Waals surface area (Å²) in [5, 5.41) is 12.3. The molecule has 186 valence electrons. The molecule has 36 heavy (non-hydrogen) atoms. The SMILES string of the molecule is CC(=O)Nc1cccc([C@@H]2O[C@H](CSc3nc4ccccc4s3)[C@H](C)[C@H](c3ccc(CO)cc3)O2)c1. The van der Waals surface area contributed by atoms with Crippen LogP contribution in [0.4, 0.5) is 5.69 Å². The van der Waals surface area contributed by atoms with Crippen molar-refractivity contribution in [2.45, 2.75) is 43.3 Å². The summed E-state index contributed by atoms with van der Waals surface area (Å²) in [6.45, 7) is 3.64. The Labute approximate surface area is 218 Å². The number of carbonyl (C=O) groups is 1. The smallest absolute Gasteiger partial charge is 0.221 e. The quantitative estimate of drug-likeness (QED) is 0.277. The predicted octanol–water partition coefficient (Wildman–Crippen LogP) is 6.33. The van der Waals surface area contributed by atoms with Crippen molar-refractivity contribution < 1.29 is 19.4 Å². The number of nitrogens with one attached hydrogen (secondary N) is 1. The fraction of sp³-hybridized carbons (Fsp3) is 0.286. The fourth-order valence-corrected chi connectivity index (χ4v) is 6.60. The minimum atomic E-state index is -0.585. The number of rotatable bonds is 7. The van der Waals surface area contributed by atoms with Crippen LogP contribution < -0.4 is 5.32 Å². The molecule has 4 atom stereocenters. The highest BCUT2D eigenvalue weighted by molar-refractivity contribution is 8.01. The Morgan fingerprint density at radius 2 is 1.86 bits per heavy atom. The Bertz CT molecular complexity index is 1310. The molecule has 1 aromatic heterocycles. The van der Waals surface area contributed by atoms with Crippen molar-refractivity contribution in [1.82, 2.24) is 4.98 Å². The molecule has 0 saturated carbocycles. The summed E-state index contributed by atoms with van der Waals surface area (Å²) in [5.74, 6) is 0.692. The summed E-state index contributed by atoms with van der Waals surface area (Å²) >= 11 is 3.40. The zero-order valence-electron chi connectivity index (χ0n) is 20.1. The third kappa shape index (κ3) is 5.63. The number of thioether (sulfide) groups is 1. The molecule has 5 rings (SSSR count). The molecule has 1 saturated heterocycles. The lowest BCUT2D eigenvalue weighted by molar-refractivity contribution is -0.268. The van der Waals surface area contributed by atoms with E-state index in [4.69, 9.17) is 14.5 Å². The molecule has 1 aliphatic heterocycles. The van der Waals surface area contributed by atoms with Crippen LogP contribution in [-0.2, 0) is 20.9 Å². The van der Waals surface area contributed by atoms with E-state index < -0.39 is 6.29 Å². The average molecular weight is 521 g/mol. The number of amides is 1. The second kappa shape index (κ2) is 11.1. The largest absolute Gasteiger partial charge is 0.392 e. The molecule has 6 nitrogen and oxygen atoms in total. The van der Waals surface area contributed by atoms with Crippen LogP contribution in [0.5, 0.6) is 0 Å². The van der Waals surface area contributed by atoms with Crippen molar-refractivity contribution in [2.75, 3.05) is 11.1 Å². The maximum Gasteiger partial charge on any atom is 0.221 e. The van der Waals surface area contributed by atoms with Crippen molar-refractivity contribution in [3.63, 3.8) is 0 Å². The normalized spacial score (nSPS) is 22.0. The maximum atomic E-state index is 11.6. The number of aliphatic hydroxyl groups excluding tert-OH is 1. The number of hydrogen-bond donors (Lipinski definition) is 2. The number of anilines is 1. The second-order valence-corrected chi connectivity index (χ2v) is 11.2. The Morgan fingerprint density at radius 3 is 2.61 bits per heavy atom. The summed E-state index contributed by atoms with van der Waals surface area (Å²) in [5.41, 5.74) is 4.47. The molecule has 1 fully saturated rings. The zero-order valence-corrected chi connectivity index (χ0v) is 21.7. The molecule has 3 aromatic carbocycles. The van der Waals surface area contributed by atoms with E-state index in [9.17, 15) is 9.90 Å². The summed E-state index contributed by atoms with van der Waals surface area (Å²) in [6, 6.07) is 23.6. The Kier molecular flexibility index (Phi) is 7.69. The van der Waals surface area contributed by atoms with Crippen LogP contribution in [0.2, 0.25) is 0 Å². The van der Waals surface area contributed by atoms with Gasteiger partial charge in [0.05, 0.1) is 29.0 Å². The fourth-order valence-electron chi connectivity index (χ4n) is 4.34. The van der Waals surface area contributed by atoms with Crippen molar-refractivity contribution >= 4 is 44.9 Å². The van der Waals surface area contributed by atoms with E-state index in [2.05, 4.69) is 18.3 Å². The molecule has 1 aliphatic rings. The molecule has 2 N–H and O–H groups in total. The molecule has 0 bridgehead atoms. The molecule has 1 amide bonds. The molecule has 4 aromatic rings. The molecule has 0 unspecified atom stereocenters. The number of benzene rings is 3. The van der Waals surface area contributed by atoms with E-state index in [-0.39, 0.29) is 30.6 Å². The van der Waals surface area contributed by atoms with Crippen molar-refractivity contribution in [1.29, 1.82) is 0 Å². The number of aromatic nitrogens is 1. The maximum absolute atomic E-state index is 11.6. The van der Waals surface area contributed by atoms with Crippen molar-refractivity contribution in [2.24, 2.45) is 5.92 Å². The van der Waals surface area contributed by atoms with Crippen LogP contribution in [0.3, 0.4) is 0 Å². The molecule has 8 heteroatoms. The van der Waals surface area contributed by atoms with Gasteiger partial charge in [-0.05, 0) is 35.4 Å². The molecule has 0 aliphatic carbocycles. The van der Waals surface area contributed by atoms with E-state index >= 15 is 0 Å². The van der Waals surface area contributed by atoms with Crippen molar-refractivity contribution in [3.8, 4) is 0 Å². The van der Waals surface area contributed by atoms with Gasteiger partial charge in [-0.15, -0.1) is 11.3 Å². The Hall–Kier alpha value is -2.75. The number of fused-ring (bicyclic) bond motifs is 1. The first-order chi connectivity index (χ1) is 17.5. The Morgan fingerprint density at radius 1 is 1.06 bits per heavy atom. The van der Waals surface area contributed by atoms with E-state index in [0.29, 0.717) is 5.69 Å². The number of aliphatic hydroxyl groups is 1. The summed E-state index contributed by atoms with van der Waals surface area (Å²) in [7, 11) is 0. The van der Waals surface area contributed by atoms with Gasteiger partial charge < -0.3 is 19.9 Å². The molecular formula is C28H28N2O4S2. The minimum absolute atomic E-state index is 0.00443. The Balaban J connectivity index is 1.40. The number of ether oxygens (including phenoxy) is 2. The highest BCUT2D eigenvalue weighted by Crippen LogP contribution is 2.43. The standard InChI is InChI=1S/C28H28N2O4S2/c1-17-24(16-35-28-30-23-8-3-4-9-25(23)36-28)33-27(21-6-5-7-22(14-21)29-18(2)32)34-26(17)20-12-10-19(15-31)11-13-20/h3-14,17,24,26-27,31H,15-16H2,1-2H3,(H,29,32)/t17-,24+,26+,27+/m0/s1. The van der Waals surface area contributed by atoms with Gasteiger partial charge in [0, 0.05) is 29.8 Å². The average Bonchev–Trinajstić information content (AvgIpc) is 3.31. The first-order valence-corrected chi connectivity index (χ1v) is 13.7. The van der Waals surface area contributed by atoms with Gasteiger partial charge in [-0.1, -0.05) is 67.2 Å². The lowest BCUT2D eigenvalue weighted by atomic mass is 9.91. The number of hydrogen-bond acceptors (Lipinski definition) is 7. The molecule has 0 spiro atoms. The molecular weight excluding hydrogens is 492 g/mol. The van der Waals surface area contributed by atoms with Crippen LogP contribution in [0.25, 0.3) is 10.2 Å². The van der Waals surface area contributed by atoms with Gasteiger partial charge in [-0.2, -0.15) is 0 Å². The summed E-state index contributed by atoms with van der Waals surface area (Å²) in [6.07, 6.45) is -0.868. The highest BCUT2D eigenvalue weighted by atomic mass is 32.2. The first-order valence-electron chi connectivity index (χ1n) is 11.9. The lowest BCUT2D eigenvalue weighted by Crippen LogP contribution is -2.38. The number of carbonyl (C=O) groups excluding carboxylic acids is 1. The van der Waals surface area contributed by atoms with E-state index in [1.165, 1.54) is 11.6 Å². The van der Waals surface area contributed by atoms with Crippen LogP contribution in [0, 0.1) is 5.92 Å². The van der Waals surface area contributed by atoms with Gasteiger partial charge in [-0.25, -0.2) is 4.98 Å². The van der Waals surface area contributed by atoms with Crippen LogP contribution in [0.15, 0.2) is 77.1 Å². The van der Waals surface area contributed by atoms with Crippen LogP contribution >= 0.6 is 23.1 Å². The van der Waals surface area contributed by atoms with Gasteiger partial charge >= 0.3 is 0 Å². The van der Waals surface area contributed by atoms with Gasteiger partial charge in [0.1, 0.15) is 0 Å². The monoisotopic (exact) mass is 520 g/mol. The van der Waals surface area contributed by atoms with Crippen LogP contribution in [0.1, 0.15) is 42.9 Å². The highest BCUT2D eigenvalue weighted by Gasteiger charge is 2.38. The number of para-hydroxylation sites is 1. The summed E-state index contributed by atoms with van der Waals surface area (Å²) in [4.78, 5) is 16.3. The predicted molar refractivity (Wildman–Crippen MR) is 144 cm³/mol. The van der Waals surface area contributed by atoms with Gasteiger partial charge in [0.25, 0.3) is 0 Å². The van der Waals surface area contributed by atoms with E-state index in [1.54, 1.807) is 23.1 Å². The van der Waals surface area contributed by atoms with Gasteiger partial charge in [0.15, 0.2) is 10.6 Å². The minimum Gasteiger partial charge on any atom is -0.392 e. The van der Waals surface area contributed by atoms with Crippen molar-refractivity contribution in [3.05, 3.63) is 89.5 Å². The third-order valence-corrected chi connectivity index (χ3v) is 8.52. The van der Waals surface area contributed by atoms with Gasteiger partial charge in [-0.3, -0.25) is 4.79 Å². The number of nitrogens with zero attached hydrogens (tertiary/aromatic N) is 1. The summed E-state index contributed by atoms with van der Waals surface area (Å²) < 4.78 is 15.2. The van der Waals surface area contributed by atoms with E-state index in [0.717, 1.165) is 32.3 Å². The lowest BCUT2D eigenvalue weighted by Gasteiger charge is -2.41. The van der Waals surface area contributed by atoms with Gasteiger partial charge in [0.2, 0.25) is 5.91 Å². The third-order valence-electron chi connectivity index (χ3n) is 6.25.